The van der Waals surface area contributed by atoms with E-state index in [-0.39, 0.29) is 51.2 Å². The van der Waals surface area contributed by atoms with E-state index >= 15 is 0 Å². The third-order valence-electron chi connectivity index (χ3n) is 10.1. The first-order valence-corrected chi connectivity index (χ1v) is 12.7. The van der Waals surface area contributed by atoms with E-state index in [9.17, 15) is 30.0 Å². The third-order valence-corrected chi connectivity index (χ3v) is 10.1. The summed E-state index contributed by atoms with van der Waals surface area (Å²) in [5.41, 5.74) is -1.55. The zero-order chi connectivity index (χ0) is 25.4. The van der Waals surface area contributed by atoms with Crippen LogP contribution in [0, 0.1) is 40.4 Å². The number of aliphatic hydroxyl groups is 1. The molecule has 4 N–H and O–H groups in total. The van der Waals surface area contributed by atoms with Gasteiger partial charge in [0.1, 0.15) is 17.2 Å². The lowest BCUT2D eigenvalue weighted by atomic mass is 9.59. The third kappa shape index (κ3) is 3.39. The number of aldehydes is 2. The summed E-state index contributed by atoms with van der Waals surface area (Å²) in [6, 6.07) is 0. The molecule has 34 heavy (non-hydrogen) atoms. The molecule has 1 aromatic carbocycles. The van der Waals surface area contributed by atoms with Crippen LogP contribution in [0.1, 0.15) is 106 Å². The second-order valence-corrected chi connectivity index (χ2v) is 12.7. The molecule has 0 bridgehead atoms. The molecule has 6 nitrogen and oxygen atoms in total. The predicted molar refractivity (Wildman–Crippen MR) is 129 cm³/mol. The Bertz CT molecular complexity index is 974. The Morgan fingerprint density at radius 1 is 0.853 bits per heavy atom. The van der Waals surface area contributed by atoms with Gasteiger partial charge in [0.25, 0.3) is 0 Å². The molecule has 7 atom stereocenters. The van der Waals surface area contributed by atoms with Crippen LogP contribution in [0.15, 0.2) is 0 Å². The molecule has 1 aromatic rings. The van der Waals surface area contributed by atoms with Crippen molar-refractivity contribution in [2.75, 3.05) is 0 Å². The molecule has 0 saturated heterocycles. The lowest BCUT2D eigenvalue weighted by molar-refractivity contribution is -0.0441. The van der Waals surface area contributed by atoms with Crippen molar-refractivity contribution >= 4 is 12.6 Å². The van der Waals surface area contributed by atoms with Gasteiger partial charge in [0.15, 0.2) is 12.6 Å². The fourth-order valence-corrected chi connectivity index (χ4v) is 8.23. The highest BCUT2D eigenvalue weighted by atomic mass is 16.3. The van der Waals surface area contributed by atoms with Gasteiger partial charge in [0, 0.05) is 5.56 Å². The number of carbonyl (C=O) groups is 2. The number of phenols is 3. The maximum Gasteiger partial charge on any atom is 0.157 e. The van der Waals surface area contributed by atoms with Crippen molar-refractivity contribution in [3.63, 3.8) is 0 Å². The highest BCUT2D eigenvalue weighted by Gasteiger charge is 2.70. The minimum Gasteiger partial charge on any atom is -0.507 e. The molecule has 0 amide bonds. The summed E-state index contributed by atoms with van der Waals surface area (Å²) in [6.45, 7) is 12.9. The lowest BCUT2D eigenvalue weighted by Gasteiger charge is -2.45. The second kappa shape index (κ2) is 7.97. The van der Waals surface area contributed by atoms with Gasteiger partial charge in [-0.05, 0) is 85.4 Å². The largest absolute Gasteiger partial charge is 0.507 e. The Balaban J connectivity index is 1.94. The van der Waals surface area contributed by atoms with Gasteiger partial charge in [-0.25, -0.2) is 0 Å². The molecule has 0 spiro atoms. The van der Waals surface area contributed by atoms with Gasteiger partial charge in [-0.2, -0.15) is 0 Å². The molecule has 3 aliphatic rings. The maximum atomic E-state index is 11.8. The molecule has 3 aliphatic carbocycles. The van der Waals surface area contributed by atoms with Crippen molar-refractivity contribution in [2.24, 2.45) is 40.4 Å². The van der Waals surface area contributed by atoms with Gasteiger partial charge in [-0.1, -0.05) is 34.6 Å². The molecule has 0 aliphatic heterocycles. The quantitative estimate of drug-likeness (QED) is 0.412. The zero-order valence-corrected chi connectivity index (χ0v) is 21.3. The van der Waals surface area contributed by atoms with E-state index in [4.69, 9.17) is 0 Å². The summed E-state index contributed by atoms with van der Waals surface area (Å²) in [6.07, 6.45) is 4.71. The van der Waals surface area contributed by atoms with Crippen molar-refractivity contribution in [2.45, 2.75) is 85.2 Å². The number of rotatable bonds is 6. The van der Waals surface area contributed by atoms with Gasteiger partial charge in [-0.3, -0.25) is 9.59 Å². The highest BCUT2D eigenvalue weighted by Crippen LogP contribution is 2.76. The normalized spacial score (nSPS) is 36.9. The van der Waals surface area contributed by atoms with Gasteiger partial charge in [0.2, 0.25) is 0 Å². The van der Waals surface area contributed by atoms with E-state index in [1.54, 1.807) is 0 Å². The summed E-state index contributed by atoms with van der Waals surface area (Å²) in [5, 5.41) is 44.1. The van der Waals surface area contributed by atoms with E-state index in [1.165, 1.54) is 0 Å². The molecule has 0 radical (unpaired) electrons. The maximum absolute atomic E-state index is 11.8. The lowest BCUT2D eigenvalue weighted by Crippen LogP contribution is -2.42. The molecule has 0 aromatic heterocycles. The molecular formula is C28H40O6. The summed E-state index contributed by atoms with van der Waals surface area (Å²) in [5.74, 6) is -0.524. The number of benzene rings is 1. The molecular weight excluding hydrogens is 432 g/mol. The molecule has 0 heterocycles. The van der Waals surface area contributed by atoms with Crippen LogP contribution in [0.2, 0.25) is 0 Å². The van der Waals surface area contributed by atoms with Crippen LogP contribution in [0.5, 0.6) is 17.2 Å². The average Bonchev–Trinajstić information content (AvgIpc) is 3.13. The zero-order valence-electron chi connectivity index (χ0n) is 21.3. The van der Waals surface area contributed by atoms with Crippen molar-refractivity contribution in [3.05, 3.63) is 16.7 Å². The van der Waals surface area contributed by atoms with Crippen LogP contribution in [-0.2, 0) is 0 Å². The number of aromatic hydroxyl groups is 3. The van der Waals surface area contributed by atoms with Crippen LogP contribution in [0.3, 0.4) is 0 Å². The fraction of sp³-hybridized carbons (Fsp3) is 0.714. The van der Waals surface area contributed by atoms with Crippen LogP contribution < -0.4 is 0 Å². The second-order valence-electron chi connectivity index (χ2n) is 12.7. The van der Waals surface area contributed by atoms with Crippen LogP contribution in [0.25, 0.3) is 0 Å². The van der Waals surface area contributed by atoms with Crippen molar-refractivity contribution in [3.8, 4) is 17.2 Å². The number of hydrogen-bond acceptors (Lipinski definition) is 6. The Hall–Kier alpha value is -2.08. The van der Waals surface area contributed by atoms with Crippen LogP contribution in [-0.4, -0.2) is 38.6 Å². The Kier molecular flexibility index (Phi) is 5.87. The van der Waals surface area contributed by atoms with Gasteiger partial charge >= 0.3 is 0 Å². The number of phenolic OH excluding ortho intramolecular Hbond substituents is 3. The number of fused-ring (bicyclic) bond motifs is 3. The fourth-order valence-electron chi connectivity index (χ4n) is 8.23. The molecule has 3 saturated carbocycles. The van der Waals surface area contributed by atoms with E-state index in [0.717, 1.165) is 25.7 Å². The number of carbonyl (C=O) groups excluding carboxylic acids is 2. The van der Waals surface area contributed by atoms with Gasteiger partial charge in [0.05, 0.1) is 16.7 Å². The molecule has 3 fully saturated rings. The predicted octanol–water partition coefficient (Wildman–Crippen LogP) is 5.41. The molecule has 1 unspecified atom stereocenters. The monoisotopic (exact) mass is 472 g/mol. The Morgan fingerprint density at radius 2 is 1.38 bits per heavy atom. The first-order chi connectivity index (χ1) is 15.7. The summed E-state index contributed by atoms with van der Waals surface area (Å²) < 4.78 is 0. The summed E-state index contributed by atoms with van der Waals surface area (Å²) >= 11 is 0. The van der Waals surface area contributed by atoms with Crippen LogP contribution in [0.4, 0.5) is 0 Å². The van der Waals surface area contributed by atoms with Crippen molar-refractivity contribution in [1.29, 1.82) is 0 Å². The standard InChI is InChI=1S/C28H40O6/c1-14(2)11-19(20-24(32)15(12-29)23(31)16(13-30)25(20)33)27(5)9-7-18-22(27)21-17(26(21,3)4)8-10-28(18,6)34/h12-14,17-19,21-22,31-34H,7-11H2,1-6H3/t17-,18-,19-,21+,22?,27+,28+/m0/s1. The molecule has 6 heteroatoms. The average molecular weight is 473 g/mol. The van der Waals surface area contributed by atoms with Crippen LogP contribution >= 0.6 is 0 Å². The van der Waals surface area contributed by atoms with E-state index in [0.29, 0.717) is 30.8 Å². The Morgan fingerprint density at radius 3 is 1.88 bits per heavy atom. The first kappa shape index (κ1) is 25.0. The topological polar surface area (TPSA) is 115 Å². The SMILES string of the molecule is CC(C)C[C@@H](c1c(O)c(C=O)c(O)c(C=O)c1O)[C@@]1(C)CC[C@H]2C1[C@H]1[C@H](CC[C@@]2(C)O)C1(C)C. The van der Waals surface area contributed by atoms with Gasteiger partial charge in [-0.15, -0.1) is 0 Å². The minimum absolute atomic E-state index is 0.0985. The van der Waals surface area contributed by atoms with E-state index < -0.39 is 22.8 Å². The Labute approximate surface area is 202 Å². The highest BCUT2D eigenvalue weighted by molar-refractivity contribution is 5.95. The number of hydrogen-bond donors (Lipinski definition) is 4. The summed E-state index contributed by atoms with van der Waals surface area (Å²) in [4.78, 5) is 23.6. The van der Waals surface area contributed by atoms with Crippen molar-refractivity contribution < 1.29 is 30.0 Å². The molecule has 4 rings (SSSR count). The first-order valence-electron chi connectivity index (χ1n) is 12.7. The van der Waals surface area contributed by atoms with E-state index in [2.05, 4.69) is 34.6 Å². The smallest absolute Gasteiger partial charge is 0.157 e. The molecule has 188 valence electrons. The summed E-state index contributed by atoms with van der Waals surface area (Å²) in [7, 11) is 0. The van der Waals surface area contributed by atoms with Gasteiger partial charge < -0.3 is 20.4 Å². The van der Waals surface area contributed by atoms with E-state index in [1.807, 2.05) is 6.92 Å². The van der Waals surface area contributed by atoms with Crippen molar-refractivity contribution in [1.82, 2.24) is 0 Å². The minimum atomic E-state index is -0.782.